The Balaban J connectivity index is 1.96. The normalized spacial score (nSPS) is 15.6. The third-order valence-electron chi connectivity index (χ3n) is 3.37. The lowest BCUT2D eigenvalue weighted by molar-refractivity contribution is -0.117. The van der Waals surface area contributed by atoms with Crippen molar-refractivity contribution in [3.8, 4) is 0 Å². The number of benzene rings is 1. The molecule has 1 saturated carbocycles. The lowest BCUT2D eigenvalue weighted by Gasteiger charge is -2.14. The minimum absolute atomic E-state index is 0.0972. The van der Waals surface area contributed by atoms with Crippen LogP contribution in [0.4, 0.5) is 5.69 Å². The molecule has 2 rings (SSSR count). The van der Waals surface area contributed by atoms with Crippen molar-refractivity contribution in [3.63, 3.8) is 0 Å². The lowest BCUT2D eigenvalue weighted by Crippen LogP contribution is -2.36. The zero-order valence-corrected chi connectivity index (χ0v) is 12.6. The van der Waals surface area contributed by atoms with E-state index < -0.39 is 6.04 Å². The van der Waals surface area contributed by atoms with Crippen LogP contribution in [-0.2, 0) is 4.79 Å². The summed E-state index contributed by atoms with van der Waals surface area (Å²) in [5.41, 5.74) is 7.00. The van der Waals surface area contributed by atoms with E-state index in [1.807, 2.05) is 13.8 Å². The van der Waals surface area contributed by atoms with Crippen LogP contribution in [0, 0.1) is 5.92 Å². The Labute approximate surface area is 125 Å². The first-order valence-electron chi connectivity index (χ1n) is 7.43. The molecule has 1 aromatic rings. The van der Waals surface area contributed by atoms with Crippen molar-refractivity contribution in [2.24, 2.45) is 11.7 Å². The molecule has 0 spiro atoms. The quantitative estimate of drug-likeness (QED) is 0.747. The summed E-state index contributed by atoms with van der Waals surface area (Å²) < 4.78 is 0. The fourth-order valence-corrected chi connectivity index (χ4v) is 2.08. The lowest BCUT2D eigenvalue weighted by atomic mass is 10.0. The molecular weight excluding hydrogens is 266 g/mol. The smallest absolute Gasteiger partial charge is 0.251 e. The highest BCUT2D eigenvalue weighted by Gasteiger charge is 2.24. The largest absolute Gasteiger partial charge is 0.349 e. The van der Waals surface area contributed by atoms with Crippen LogP contribution in [0.5, 0.6) is 0 Å². The van der Waals surface area contributed by atoms with Gasteiger partial charge in [-0.3, -0.25) is 9.59 Å². The first-order chi connectivity index (χ1) is 9.95. The van der Waals surface area contributed by atoms with Gasteiger partial charge in [0.2, 0.25) is 5.91 Å². The molecule has 1 unspecified atom stereocenters. The molecule has 0 bridgehead atoms. The second-order valence-corrected chi connectivity index (χ2v) is 6.05. The van der Waals surface area contributed by atoms with Gasteiger partial charge in [0.05, 0.1) is 6.04 Å². The molecule has 5 heteroatoms. The van der Waals surface area contributed by atoms with E-state index in [0.29, 0.717) is 29.6 Å². The van der Waals surface area contributed by atoms with E-state index in [-0.39, 0.29) is 11.8 Å². The number of nitrogens with one attached hydrogen (secondary N) is 2. The van der Waals surface area contributed by atoms with Gasteiger partial charge in [0, 0.05) is 17.3 Å². The summed E-state index contributed by atoms with van der Waals surface area (Å²) >= 11 is 0. The van der Waals surface area contributed by atoms with Crippen LogP contribution in [0.15, 0.2) is 24.3 Å². The van der Waals surface area contributed by atoms with Crippen LogP contribution in [0.3, 0.4) is 0 Å². The van der Waals surface area contributed by atoms with Crippen LogP contribution >= 0.6 is 0 Å². The van der Waals surface area contributed by atoms with Gasteiger partial charge in [-0.15, -0.1) is 0 Å². The number of hydrogen-bond acceptors (Lipinski definition) is 3. The molecule has 0 heterocycles. The number of rotatable bonds is 6. The maximum Gasteiger partial charge on any atom is 0.251 e. The zero-order valence-electron chi connectivity index (χ0n) is 12.6. The molecule has 0 saturated heterocycles. The average molecular weight is 289 g/mol. The Bertz CT molecular complexity index is 524. The Morgan fingerprint density at radius 2 is 2.05 bits per heavy atom. The summed E-state index contributed by atoms with van der Waals surface area (Å²) in [6.45, 7) is 4.05. The number of nitrogens with two attached hydrogens (primary N) is 1. The number of amides is 2. The van der Waals surface area contributed by atoms with Crippen LogP contribution in [0.1, 0.15) is 43.5 Å². The molecule has 1 fully saturated rings. The summed E-state index contributed by atoms with van der Waals surface area (Å²) in [6.07, 6.45) is 2.73. The third kappa shape index (κ3) is 4.86. The van der Waals surface area contributed by atoms with Crippen molar-refractivity contribution in [2.75, 3.05) is 5.32 Å². The Hall–Kier alpha value is -1.88. The van der Waals surface area contributed by atoms with E-state index in [0.717, 1.165) is 12.8 Å². The maximum absolute atomic E-state index is 12.0. The van der Waals surface area contributed by atoms with E-state index >= 15 is 0 Å². The van der Waals surface area contributed by atoms with Crippen molar-refractivity contribution in [2.45, 2.75) is 45.2 Å². The van der Waals surface area contributed by atoms with Crippen molar-refractivity contribution in [3.05, 3.63) is 29.8 Å². The fraction of sp³-hybridized carbons (Fsp3) is 0.500. The summed E-state index contributed by atoms with van der Waals surface area (Å²) in [5.74, 6) is 0.0462. The first-order valence-corrected chi connectivity index (χ1v) is 7.43. The number of hydrogen-bond donors (Lipinski definition) is 3. The molecule has 4 N–H and O–H groups in total. The third-order valence-corrected chi connectivity index (χ3v) is 3.37. The maximum atomic E-state index is 12.0. The minimum Gasteiger partial charge on any atom is -0.349 e. The van der Waals surface area contributed by atoms with Gasteiger partial charge >= 0.3 is 0 Å². The molecule has 0 aromatic heterocycles. The number of anilines is 1. The predicted octanol–water partition coefficient (Wildman–Crippen LogP) is 1.89. The molecular formula is C16H23N3O2. The Morgan fingerprint density at radius 1 is 1.33 bits per heavy atom. The summed E-state index contributed by atoms with van der Waals surface area (Å²) in [5, 5.41) is 5.69. The minimum atomic E-state index is -0.533. The summed E-state index contributed by atoms with van der Waals surface area (Å²) in [7, 11) is 0. The Kier molecular flexibility index (Phi) is 4.96. The Morgan fingerprint density at radius 3 is 2.67 bits per heavy atom. The molecule has 0 aliphatic heterocycles. The molecule has 21 heavy (non-hydrogen) atoms. The fourth-order valence-electron chi connectivity index (χ4n) is 2.08. The molecule has 0 radical (unpaired) electrons. The molecule has 1 aliphatic rings. The van der Waals surface area contributed by atoms with E-state index in [1.54, 1.807) is 24.3 Å². The highest BCUT2D eigenvalue weighted by atomic mass is 16.2. The molecule has 5 nitrogen and oxygen atoms in total. The zero-order chi connectivity index (χ0) is 15.4. The number of carbonyl (C=O) groups is 2. The van der Waals surface area contributed by atoms with Gasteiger partial charge in [-0.2, -0.15) is 0 Å². The van der Waals surface area contributed by atoms with Gasteiger partial charge in [-0.1, -0.05) is 19.9 Å². The number of carbonyl (C=O) groups excluding carboxylic acids is 2. The summed E-state index contributed by atoms with van der Waals surface area (Å²) in [6, 6.07) is 6.71. The average Bonchev–Trinajstić information content (AvgIpc) is 3.22. The van der Waals surface area contributed by atoms with E-state index in [4.69, 9.17) is 5.73 Å². The monoisotopic (exact) mass is 289 g/mol. The predicted molar refractivity (Wildman–Crippen MR) is 83.0 cm³/mol. The van der Waals surface area contributed by atoms with Gasteiger partial charge in [0.15, 0.2) is 0 Å². The molecule has 114 valence electrons. The molecule has 2 amide bonds. The van der Waals surface area contributed by atoms with E-state index in [1.165, 1.54) is 0 Å². The second-order valence-electron chi connectivity index (χ2n) is 6.05. The standard InChI is InChI=1S/C16H23N3O2/c1-10(2)8-14(17)16(21)19-13-5-3-4-11(9-13)15(20)18-12-6-7-12/h3-5,9-10,12,14H,6-8,17H2,1-2H3,(H,18,20)(H,19,21). The van der Waals surface area contributed by atoms with Gasteiger partial charge in [-0.25, -0.2) is 0 Å². The summed E-state index contributed by atoms with van der Waals surface area (Å²) in [4.78, 5) is 23.9. The van der Waals surface area contributed by atoms with E-state index in [9.17, 15) is 9.59 Å². The van der Waals surface area contributed by atoms with Crippen molar-refractivity contribution < 1.29 is 9.59 Å². The van der Waals surface area contributed by atoms with Crippen molar-refractivity contribution >= 4 is 17.5 Å². The van der Waals surface area contributed by atoms with Crippen LogP contribution in [-0.4, -0.2) is 23.9 Å². The highest BCUT2D eigenvalue weighted by Crippen LogP contribution is 2.20. The van der Waals surface area contributed by atoms with Crippen molar-refractivity contribution in [1.82, 2.24) is 5.32 Å². The molecule has 1 atom stereocenters. The topological polar surface area (TPSA) is 84.2 Å². The SMILES string of the molecule is CC(C)CC(N)C(=O)Nc1cccc(C(=O)NC2CC2)c1. The van der Waals surface area contributed by atoms with Gasteiger partial charge < -0.3 is 16.4 Å². The highest BCUT2D eigenvalue weighted by molar-refractivity contribution is 5.98. The molecule has 1 aromatic carbocycles. The van der Waals surface area contributed by atoms with Crippen LogP contribution in [0.25, 0.3) is 0 Å². The van der Waals surface area contributed by atoms with Crippen LogP contribution < -0.4 is 16.4 Å². The molecule has 1 aliphatic carbocycles. The second kappa shape index (κ2) is 6.72. The van der Waals surface area contributed by atoms with Crippen LogP contribution in [0.2, 0.25) is 0 Å². The first kappa shape index (κ1) is 15.5. The van der Waals surface area contributed by atoms with Gasteiger partial charge in [0.25, 0.3) is 5.91 Å². The van der Waals surface area contributed by atoms with Gasteiger partial charge in [-0.05, 0) is 43.4 Å². The van der Waals surface area contributed by atoms with E-state index in [2.05, 4.69) is 10.6 Å². The van der Waals surface area contributed by atoms with Crippen molar-refractivity contribution in [1.29, 1.82) is 0 Å². The van der Waals surface area contributed by atoms with Gasteiger partial charge in [0.1, 0.15) is 0 Å².